The van der Waals surface area contributed by atoms with E-state index in [9.17, 15) is 13.5 Å². The van der Waals surface area contributed by atoms with Gasteiger partial charge >= 0.3 is 0 Å². The summed E-state index contributed by atoms with van der Waals surface area (Å²) in [6.45, 7) is 8.47. The number of aliphatic hydroxyl groups is 1. The number of rotatable bonds is 8. The second kappa shape index (κ2) is 9.77. The van der Waals surface area contributed by atoms with E-state index in [2.05, 4.69) is 15.6 Å². The van der Waals surface area contributed by atoms with E-state index in [0.29, 0.717) is 32.0 Å². The summed E-state index contributed by atoms with van der Waals surface area (Å²) in [5.41, 5.74) is 0.868. The van der Waals surface area contributed by atoms with Gasteiger partial charge in [0.1, 0.15) is 0 Å². The lowest BCUT2D eigenvalue weighted by Gasteiger charge is -2.20. The lowest BCUT2D eigenvalue weighted by Crippen LogP contribution is -2.42. The number of guanidine groups is 1. The van der Waals surface area contributed by atoms with Gasteiger partial charge < -0.3 is 15.7 Å². The third kappa shape index (κ3) is 7.44. The van der Waals surface area contributed by atoms with Gasteiger partial charge in [0, 0.05) is 19.6 Å². The largest absolute Gasteiger partial charge is 0.388 e. The number of hydrogen-bond donors (Lipinski definition) is 3. The molecular weight excluding hydrogens is 338 g/mol. The molecule has 0 fully saturated rings. The second-order valence-corrected chi connectivity index (χ2v) is 9.70. The van der Waals surface area contributed by atoms with Gasteiger partial charge in [0.25, 0.3) is 0 Å². The SMILES string of the molecule is CCNC(=NCCC(O)c1ccccc1)NCCS(=O)(=O)C(C)(C)C. The Hall–Kier alpha value is -1.60. The van der Waals surface area contributed by atoms with Gasteiger partial charge in [0.05, 0.1) is 16.6 Å². The van der Waals surface area contributed by atoms with Crippen LogP contribution in [0.1, 0.15) is 45.8 Å². The second-order valence-electron chi connectivity index (χ2n) is 6.83. The van der Waals surface area contributed by atoms with E-state index in [1.165, 1.54) is 0 Å². The normalized spacial score (nSPS) is 14.2. The van der Waals surface area contributed by atoms with Crippen LogP contribution in [0.25, 0.3) is 0 Å². The number of hydrogen-bond acceptors (Lipinski definition) is 4. The van der Waals surface area contributed by atoms with E-state index < -0.39 is 20.7 Å². The van der Waals surface area contributed by atoms with E-state index >= 15 is 0 Å². The van der Waals surface area contributed by atoms with Crippen molar-refractivity contribution in [3.8, 4) is 0 Å². The maximum absolute atomic E-state index is 12.1. The topological polar surface area (TPSA) is 90.8 Å². The molecule has 25 heavy (non-hydrogen) atoms. The summed E-state index contributed by atoms with van der Waals surface area (Å²) in [5.74, 6) is 0.611. The molecule has 0 saturated carbocycles. The van der Waals surface area contributed by atoms with Crippen molar-refractivity contribution in [3.05, 3.63) is 35.9 Å². The van der Waals surface area contributed by atoms with Crippen LogP contribution in [0, 0.1) is 0 Å². The van der Waals surface area contributed by atoms with Crippen molar-refractivity contribution in [1.29, 1.82) is 0 Å². The van der Waals surface area contributed by atoms with Gasteiger partial charge in [-0.2, -0.15) is 0 Å². The molecule has 0 aliphatic carbocycles. The first-order valence-corrected chi connectivity index (χ1v) is 10.3. The molecule has 0 aliphatic rings. The van der Waals surface area contributed by atoms with E-state index in [1.54, 1.807) is 20.8 Å². The summed E-state index contributed by atoms with van der Waals surface area (Å²) in [5, 5.41) is 16.3. The van der Waals surface area contributed by atoms with Gasteiger partial charge in [0.15, 0.2) is 15.8 Å². The fourth-order valence-electron chi connectivity index (χ4n) is 2.09. The molecule has 1 unspecified atom stereocenters. The zero-order valence-corrected chi connectivity index (χ0v) is 16.4. The molecular formula is C18H31N3O3S. The number of nitrogens with zero attached hydrogens (tertiary/aromatic N) is 1. The van der Waals surface area contributed by atoms with Gasteiger partial charge in [-0.1, -0.05) is 30.3 Å². The van der Waals surface area contributed by atoms with Crippen molar-refractivity contribution in [2.45, 2.75) is 45.0 Å². The first-order chi connectivity index (χ1) is 11.7. The summed E-state index contributed by atoms with van der Waals surface area (Å²) >= 11 is 0. The van der Waals surface area contributed by atoms with Crippen LogP contribution < -0.4 is 10.6 Å². The highest BCUT2D eigenvalue weighted by atomic mass is 32.2. The van der Waals surface area contributed by atoms with Crippen LogP contribution in [-0.2, 0) is 9.84 Å². The molecule has 0 heterocycles. The fourth-order valence-corrected chi connectivity index (χ4v) is 3.08. The highest BCUT2D eigenvalue weighted by Gasteiger charge is 2.28. The Morgan fingerprint density at radius 2 is 1.84 bits per heavy atom. The standard InChI is InChI=1S/C18H31N3O3S/c1-5-19-17(21-13-14-25(23,24)18(2,3)4)20-12-11-16(22)15-9-7-6-8-10-15/h6-10,16,22H,5,11-14H2,1-4H3,(H2,19,20,21). The minimum atomic E-state index is -3.16. The van der Waals surface area contributed by atoms with E-state index in [0.717, 1.165) is 5.56 Å². The smallest absolute Gasteiger partial charge is 0.191 e. The highest BCUT2D eigenvalue weighted by Crippen LogP contribution is 2.16. The first kappa shape index (κ1) is 21.4. The number of aliphatic imine (C=N–C) groups is 1. The Balaban J connectivity index is 2.51. The first-order valence-electron chi connectivity index (χ1n) is 8.65. The summed E-state index contributed by atoms with van der Waals surface area (Å²) in [4.78, 5) is 4.40. The zero-order chi connectivity index (χ0) is 18.9. The van der Waals surface area contributed by atoms with Crippen molar-refractivity contribution in [2.75, 3.05) is 25.4 Å². The summed E-state index contributed by atoms with van der Waals surface area (Å²) in [7, 11) is -3.16. The predicted molar refractivity (Wildman–Crippen MR) is 104 cm³/mol. The maximum Gasteiger partial charge on any atom is 0.191 e. The highest BCUT2D eigenvalue weighted by molar-refractivity contribution is 7.92. The summed E-state index contributed by atoms with van der Waals surface area (Å²) in [6.07, 6.45) is -0.0602. The molecule has 7 heteroatoms. The molecule has 1 rings (SSSR count). The van der Waals surface area contributed by atoms with Crippen LogP contribution in [0.3, 0.4) is 0 Å². The molecule has 0 bridgehead atoms. The molecule has 0 radical (unpaired) electrons. The van der Waals surface area contributed by atoms with Crippen molar-refractivity contribution < 1.29 is 13.5 Å². The molecule has 1 atom stereocenters. The van der Waals surface area contributed by atoms with E-state index in [4.69, 9.17) is 0 Å². The molecule has 0 aliphatic heterocycles. The zero-order valence-electron chi connectivity index (χ0n) is 15.6. The Bertz CT molecular complexity index is 637. The van der Waals surface area contributed by atoms with Crippen LogP contribution in [0.4, 0.5) is 0 Å². The Morgan fingerprint density at radius 3 is 2.40 bits per heavy atom. The van der Waals surface area contributed by atoms with Crippen LogP contribution >= 0.6 is 0 Å². The third-order valence-electron chi connectivity index (χ3n) is 3.80. The number of benzene rings is 1. The number of sulfone groups is 1. The molecule has 1 aromatic rings. The molecule has 6 nitrogen and oxygen atoms in total. The Morgan fingerprint density at radius 1 is 1.20 bits per heavy atom. The molecule has 1 aromatic carbocycles. The fraction of sp³-hybridized carbons (Fsp3) is 0.611. The van der Waals surface area contributed by atoms with Crippen LogP contribution in [0.5, 0.6) is 0 Å². The molecule has 0 spiro atoms. The quantitative estimate of drug-likeness (QED) is 0.481. The van der Waals surface area contributed by atoms with Gasteiger partial charge in [-0.05, 0) is 39.7 Å². The third-order valence-corrected chi connectivity index (χ3v) is 6.40. The van der Waals surface area contributed by atoms with Crippen LogP contribution in [0.2, 0.25) is 0 Å². The van der Waals surface area contributed by atoms with Gasteiger partial charge in [-0.25, -0.2) is 8.42 Å². The predicted octanol–water partition coefficient (Wildman–Crippen LogP) is 1.88. The van der Waals surface area contributed by atoms with Crippen LogP contribution in [0.15, 0.2) is 35.3 Å². The minimum absolute atomic E-state index is 0.0492. The summed E-state index contributed by atoms with van der Waals surface area (Å²) < 4.78 is 23.5. The van der Waals surface area contributed by atoms with Crippen molar-refractivity contribution in [1.82, 2.24) is 10.6 Å². The Labute approximate surface area is 151 Å². The molecule has 0 saturated heterocycles. The number of aliphatic hydroxyl groups excluding tert-OH is 1. The minimum Gasteiger partial charge on any atom is -0.388 e. The van der Waals surface area contributed by atoms with Crippen molar-refractivity contribution in [2.24, 2.45) is 4.99 Å². The van der Waals surface area contributed by atoms with Crippen molar-refractivity contribution in [3.63, 3.8) is 0 Å². The monoisotopic (exact) mass is 369 g/mol. The lowest BCUT2D eigenvalue weighted by atomic mass is 10.1. The van der Waals surface area contributed by atoms with Gasteiger partial charge in [-0.15, -0.1) is 0 Å². The average molecular weight is 370 g/mol. The van der Waals surface area contributed by atoms with Gasteiger partial charge in [-0.3, -0.25) is 4.99 Å². The summed E-state index contributed by atoms with van der Waals surface area (Å²) in [6, 6.07) is 9.46. The molecule has 0 aromatic heterocycles. The lowest BCUT2D eigenvalue weighted by molar-refractivity contribution is 0.170. The maximum atomic E-state index is 12.1. The molecule has 0 amide bonds. The van der Waals surface area contributed by atoms with E-state index in [-0.39, 0.29) is 5.75 Å². The average Bonchev–Trinajstić information content (AvgIpc) is 2.54. The Kier molecular flexibility index (Phi) is 8.38. The van der Waals surface area contributed by atoms with Crippen molar-refractivity contribution >= 4 is 15.8 Å². The number of nitrogens with one attached hydrogen (secondary N) is 2. The van der Waals surface area contributed by atoms with Crippen LogP contribution in [-0.4, -0.2) is 49.6 Å². The molecule has 142 valence electrons. The van der Waals surface area contributed by atoms with Gasteiger partial charge in [0.2, 0.25) is 0 Å². The van der Waals surface area contributed by atoms with E-state index in [1.807, 2.05) is 37.3 Å². The molecule has 3 N–H and O–H groups in total.